The molecule has 11 heavy (non-hydrogen) atoms. The van der Waals surface area contributed by atoms with Crippen molar-refractivity contribution in [3.05, 3.63) is 24.5 Å². The van der Waals surface area contributed by atoms with Crippen molar-refractivity contribution in [2.75, 3.05) is 11.0 Å². The first-order valence-corrected chi connectivity index (χ1v) is 4.76. The van der Waals surface area contributed by atoms with Crippen molar-refractivity contribution < 1.29 is 8.42 Å². The number of pyridine rings is 1. The third kappa shape index (κ3) is 2.99. The van der Waals surface area contributed by atoms with E-state index in [9.17, 15) is 8.42 Å². The van der Waals surface area contributed by atoms with Gasteiger partial charge in [-0.15, -0.1) is 0 Å². The molecule has 0 saturated carbocycles. The van der Waals surface area contributed by atoms with Crippen LogP contribution in [-0.2, 0) is 10.0 Å². The maximum absolute atomic E-state index is 10.6. The SMILES string of the molecule is CS(=O)(=O)Nc1c[c]cnc1. The summed E-state index contributed by atoms with van der Waals surface area (Å²) in [5, 5.41) is 0. The normalized spacial score (nSPS) is 11.0. The first-order chi connectivity index (χ1) is 5.08. The molecule has 1 radical (unpaired) electrons. The molecule has 0 aromatic carbocycles. The number of aromatic nitrogens is 1. The van der Waals surface area contributed by atoms with Crippen LogP contribution in [0.25, 0.3) is 0 Å². The molecule has 0 unspecified atom stereocenters. The van der Waals surface area contributed by atoms with E-state index in [4.69, 9.17) is 0 Å². The minimum atomic E-state index is -3.19. The van der Waals surface area contributed by atoms with Crippen LogP contribution < -0.4 is 4.72 Å². The highest BCUT2D eigenvalue weighted by Crippen LogP contribution is 2.03. The van der Waals surface area contributed by atoms with Gasteiger partial charge >= 0.3 is 0 Å². The minimum Gasteiger partial charge on any atom is -0.282 e. The third-order valence-electron chi connectivity index (χ3n) is 0.905. The molecule has 0 atom stereocenters. The second-order valence-electron chi connectivity index (χ2n) is 2.05. The lowest BCUT2D eigenvalue weighted by atomic mass is 10.4. The Bertz CT molecular complexity index is 320. The zero-order chi connectivity index (χ0) is 8.32. The van der Waals surface area contributed by atoms with Crippen molar-refractivity contribution in [1.29, 1.82) is 0 Å². The standard InChI is InChI=1S/C6H7N2O2S/c1-11(9,10)8-6-3-2-4-7-5-6/h3-5,8H,1H3. The van der Waals surface area contributed by atoms with E-state index < -0.39 is 10.0 Å². The zero-order valence-corrected chi connectivity index (χ0v) is 6.72. The molecule has 5 heteroatoms. The van der Waals surface area contributed by atoms with Crippen LogP contribution in [0.1, 0.15) is 0 Å². The molecule has 4 nitrogen and oxygen atoms in total. The zero-order valence-electron chi connectivity index (χ0n) is 5.90. The highest BCUT2D eigenvalue weighted by atomic mass is 32.2. The Hall–Kier alpha value is -1.10. The van der Waals surface area contributed by atoms with Crippen LogP contribution >= 0.6 is 0 Å². The number of hydrogen-bond acceptors (Lipinski definition) is 3. The van der Waals surface area contributed by atoms with E-state index in [1.165, 1.54) is 18.5 Å². The van der Waals surface area contributed by atoms with Gasteiger partial charge in [0.2, 0.25) is 10.0 Å². The van der Waals surface area contributed by atoms with E-state index in [0.29, 0.717) is 5.69 Å². The van der Waals surface area contributed by atoms with Crippen LogP contribution in [0.2, 0.25) is 0 Å². The maximum atomic E-state index is 10.6. The van der Waals surface area contributed by atoms with Crippen LogP contribution in [0.15, 0.2) is 18.5 Å². The molecule has 59 valence electrons. The summed E-state index contributed by atoms with van der Waals surface area (Å²) in [6.45, 7) is 0. The smallest absolute Gasteiger partial charge is 0.229 e. The van der Waals surface area contributed by atoms with Crippen LogP contribution in [0.5, 0.6) is 0 Å². The van der Waals surface area contributed by atoms with E-state index in [1.54, 1.807) is 0 Å². The Morgan fingerprint density at radius 3 is 2.82 bits per heavy atom. The van der Waals surface area contributed by atoms with Crippen molar-refractivity contribution in [1.82, 2.24) is 4.98 Å². The molecule has 0 aliphatic rings. The largest absolute Gasteiger partial charge is 0.282 e. The maximum Gasteiger partial charge on any atom is 0.229 e. The van der Waals surface area contributed by atoms with Gasteiger partial charge in [-0.25, -0.2) is 8.42 Å². The van der Waals surface area contributed by atoms with Gasteiger partial charge in [-0.1, -0.05) is 0 Å². The molecule has 0 spiro atoms. The second kappa shape index (κ2) is 2.87. The lowest BCUT2D eigenvalue weighted by molar-refractivity contribution is 0.607. The molecule has 1 aromatic rings. The first-order valence-electron chi connectivity index (χ1n) is 2.87. The van der Waals surface area contributed by atoms with Crippen LogP contribution in [0, 0.1) is 6.07 Å². The van der Waals surface area contributed by atoms with Crippen molar-refractivity contribution in [3.8, 4) is 0 Å². The third-order valence-corrected chi connectivity index (χ3v) is 1.51. The van der Waals surface area contributed by atoms with Gasteiger partial charge < -0.3 is 0 Å². The van der Waals surface area contributed by atoms with Gasteiger partial charge in [0.05, 0.1) is 18.1 Å². The Labute approximate surface area is 65.3 Å². The molecule has 0 aliphatic heterocycles. The molecule has 1 rings (SSSR count). The fourth-order valence-corrected chi connectivity index (χ4v) is 1.13. The molecular weight excluding hydrogens is 164 g/mol. The Morgan fingerprint density at radius 2 is 2.36 bits per heavy atom. The fourth-order valence-electron chi connectivity index (χ4n) is 0.595. The Balaban J connectivity index is 2.82. The van der Waals surface area contributed by atoms with Crippen LogP contribution in [-0.4, -0.2) is 19.7 Å². The van der Waals surface area contributed by atoms with Gasteiger partial charge in [-0.05, 0) is 6.07 Å². The molecule has 0 aliphatic carbocycles. The topological polar surface area (TPSA) is 59.1 Å². The molecule has 0 fully saturated rings. The van der Waals surface area contributed by atoms with E-state index in [-0.39, 0.29) is 0 Å². The van der Waals surface area contributed by atoms with Crippen molar-refractivity contribution in [2.45, 2.75) is 0 Å². The average molecular weight is 171 g/mol. The van der Waals surface area contributed by atoms with Gasteiger partial charge in [0.1, 0.15) is 0 Å². The van der Waals surface area contributed by atoms with Crippen LogP contribution in [0.3, 0.4) is 0 Å². The lowest BCUT2D eigenvalue weighted by Crippen LogP contribution is -2.09. The molecule has 1 aromatic heterocycles. The first kappa shape index (κ1) is 8.00. The molecule has 0 bridgehead atoms. The van der Waals surface area contributed by atoms with Gasteiger partial charge in [0.25, 0.3) is 0 Å². The number of sulfonamides is 1. The average Bonchev–Trinajstić information content (AvgIpc) is 1.85. The number of rotatable bonds is 2. The van der Waals surface area contributed by atoms with Gasteiger partial charge in [-0.3, -0.25) is 9.71 Å². The predicted octanol–water partition coefficient (Wildman–Crippen LogP) is 0.253. The molecule has 1 N–H and O–H groups in total. The molecule has 0 saturated heterocycles. The van der Waals surface area contributed by atoms with Crippen molar-refractivity contribution in [3.63, 3.8) is 0 Å². The van der Waals surface area contributed by atoms with Crippen molar-refractivity contribution in [2.24, 2.45) is 0 Å². The second-order valence-corrected chi connectivity index (χ2v) is 3.80. The molecule has 0 amide bonds. The summed E-state index contributed by atoms with van der Waals surface area (Å²) < 4.78 is 23.6. The van der Waals surface area contributed by atoms with Gasteiger partial charge in [0.15, 0.2) is 0 Å². The van der Waals surface area contributed by atoms with E-state index in [0.717, 1.165) is 6.26 Å². The van der Waals surface area contributed by atoms with E-state index in [1.807, 2.05) is 0 Å². The highest BCUT2D eigenvalue weighted by Gasteiger charge is 1.99. The summed E-state index contributed by atoms with van der Waals surface area (Å²) >= 11 is 0. The minimum absolute atomic E-state index is 0.426. The molecule has 1 heterocycles. The monoisotopic (exact) mass is 171 g/mol. The quantitative estimate of drug-likeness (QED) is 0.694. The Kier molecular flexibility index (Phi) is 2.09. The Morgan fingerprint density at radius 1 is 1.64 bits per heavy atom. The highest BCUT2D eigenvalue weighted by molar-refractivity contribution is 7.92. The molecular formula is C6H7N2O2S. The summed E-state index contributed by atoms with van der Waals surface area (Å²) in [5.74, 6) is 0. The van der Waals surface area contributed by atoms with Gasteiger partial charge in [0, 0.05) is 12.3 Å². The van der Waals surface area contributed by atoms with E-state index >= 15 is 0 Å². The summed E-state index contributed by atoms with van der Waals surface area (Å²) in [6, 6.07) is 4.15. The lowest BCUT2D eigenvalue weighted by Gasteiger charge is -2.00. The van der Waals surface area contributed by atoms with E-state index in [2.05, 4.69) is 15.8 Å². The number of nitrogens with zero attached hydrogens (tertiary/aromatic N) is 1. The summed E-state index contributed by atoms with van der Waals surface area (Å²) in [6.07, 6.45) is 3.95. The predicted molar refractivity (Wildman–Crippen MR) is 41.5 cm³/mol. The number of anilines is 1. The fraction of sp³-hybridized carbons (Fsp3) is 0.167. The summed E-state index contributed by atoms with van der Waals surface area (Å²) in [5.41, 5.74) is 0.426. The number of nitrogens with one attached hydrogen (secondary N) is 1. The van der Waals surface area contributed by atoms with Gasteiger partial charge in [-0.2, -0.15) is 0 Å². The number of hydrogen-bond donors (Lipinski definition) is 1. The van der Waals surface area contributed by atoms with Crippen LogP contribution in [0.4, 0.5) is 5.69 Å². The summed E-state index contributed by atoms with van der Waals surface area (Å²) in [7, 11) is -3.19. The summed E-state index contributed by atoms with van der Waals surface area (Å²) in [4.78, 5) is 3.69. The van der Waals surface area contributed by atoms with Crippen molar-refractivity contribution >= 4 is 15.7 Å².